The summed E-state index contributed by atoms with van der Waals surface area (Å²) in [5.41, 5.74) is 1.31. The van der Waals surface area contributed by atoms with Gasteiger partial charge in [0.05, 0.1) is 7.11 Å². The van der Waals surface area contributed by atoms with Gasteiger partial charge in [0, 0.05) is 6.54 Å². The number of para-hydroxylation sites is 1. The molecule has 0 aliphatic heterocycles. The van der Waals surface area contributed by atoms with Crippen molar-refractivity contribution in [1.29, 1.82) is 0 Å². The van der Waals surface area contributed by atoms with E-state index in [1.165, 1.54) is 5.56 Å². The molecule has 2 rings (SSSR count). The van der Waals surface area contributed by atoms with Gasteiger partial charge in [0.2, 0.25) is 0 Å². The molecular weight excluding hydrogens is 250 g/mol. The second kappa shape index (κ2) is 8.23. The fourth-order valence-electron chi connectivity index (χ4n) is 1.91. The van der Waals surface area contributed by atoms with Gasteiger partial charge in [-0.2, -0.15) is 0 Å². The normalized spacial score (nSPS) is 10.2. The Balaban J connectivity index is 1.57. The molecule has 0 spiro atoms. The monoisotopic (exact) mass is 271 g/mol. The van der Waals surface area contributed by atoms with Crippen molar-refractivity contribution in [3.8, 4) is 11.5 Å². The highest BCUT2D eigenvalue weighted by Gasteiger charge is 1.95. The van der Waals surface area contributed by atoms with Crippen LogP contribution in [-0.4, -0.2) is 26.8 Å². The van der Waals surface area contributed by atoms with Crippen molar-refractivity contribution in [3.63, 3.8) is 0 Å². The van der Waals surface area contributed by atoms with E-state index in [-0.39, 0.29) is 0 Å². The molecule has 3 nitrogen and oxygen atoms in total. The summed E-state index contributed by atoms with van der Waals surface area (Å²) in [6, 6.07) is 18.1. The van der Waals surface area contributed by atoms with Crippen molar-refractivity contribution in [2.75, 3.05) is 26.8 Å². The lowest BCUT2D eigenvalue weighted by atomic mass is 10.1. The first-order valence-electron chi connectivity index (χ1n) is 6.90. The van der Waals surface area contributed by atoms with E-state index in [0.717, 1.165) is 31.0 Å². The maximum atomic E-state index is 5.61. The molecule has 0 saturated carbocycles. The van der Waals surface area contributed by atoms with Crippen LogP contribution in [0.3, 0.4) is 0 Å². The lowest BCUT2D eigenvalue weighted by molar-refractivity contribution is 0.314. The number of hydrogen-bond donors (Lipinski definition) is 1. The topological polar surface area (TPSA) is 30.5 Å². The summed E-state index contributed by atoms with van der Waals surface area (Å²) in [5.74, 6) is 1.82. The van der Waals surface area contributed by atoms with E-state index in [0.29, 0.717) is 6.61 Å². The Morgan fingerprint density at radius 2 is 1.60 bits per heavy atom. The van der Waals surface area contributed by atoms with Gasteiger partial charge in [-0.25, -0.2) is 0 Å². The summed E-state index contributed by atoms with van der Waals surface area (Å²) >= 11 is 0. The van der Waals surface area contributed by atoms with Gasteiger partial charge in [0.15, 0.2) is 0 Å². The van der Waals surface area contributed by atoms with E-state index >= 15 is 0 Å². The van der Waals surface area contributed by atoms with Gasteiger partial charge in [-0.1, -0.05) is 30.3 Å². The average molecular weight is 271 g/mol. The van der Waals surface area contributed by atoms with Gasteiger partial charge in [-0.3, -0.25) is 0 Å². The van der Waals surface area contributed by atoms with Gasteiger partial charge < -0.3 is 14.8 Å². The zero-order valence-corrected chi connectivity index (χ0v) is 11.8. The quantitative estimate of drug-likeness (QED) is 0.749. The van der Waals surface area contributed by atoms with E-state index < -0.39 is 0 Å². The summed E-state index contributed by atoms with van der Waals surface area (Å²) < 4.78 is 10.7. The number of nitrogens with one attached hydrogen (secondary N) is 1. The fraction of sp³-hybridized carbons (Fsp3) is 0.294. The summed E-state index contributed by atoms with van der Waals surface area (Å²) in [6.45, 7) is 2.49. The van der Waals surface area contributed by atoms with Gasteiger partial charge in [-0.05, 0) is 42.8 Å². The van der Waals surface area contributed by atoms with Gasteiger partial charge >= 0.3 is 0 Å². The molecule has 0 saturated heterocycles. The Hall–Kier alpha value is -2.00. The van der Waals surface area contributed by atoms with Gasteiger partial charge in [0.1, 0.15) is 18.1 Å². The predicted octanol–water partition coefficient (Wildman–Crippen LogP) is 2.91. The largest absolute Gasteiger partial charge is 0.497 e. The lowest BCUT2D eigenvalue weighted by Gasteiger charge is -2.08. The molecule has 0 unspecified atom stereocenters. The molecule has 0 aliphatic carbocycles. The highest BCUT2D eigenvalue weighted by Crippen LogP contribution is 2.11. The van der Waals surface area contributed by atoms with Crippen LogP contribution in [0.15, 0.2) is 54.6 Å². The minimum absolute atomic E-state index is 0.687. The van der Waals surface area contributed by atoms with E-state index in [1.807, 2.05) is 42.5 Å². The molecule has 106 valence electrons. The first-order chi connectivity index (χ1) is 9.88. The van der Waals surface area contributed by atoms with E-state index in [2.05, 4.69) is 17.4 Å². The molecule has 2 aromatic carbocycles. The van der Waals surface area contributed by atoms with Crippen molar-refractivity contribution < 1.29 is 9.47 Å². The first kappa shape index (κ1) is 14.4. The molecule has 0 bridgehead atoms. The third-order valence-corrected chi connectivity index (χ3v) is 3.04. The number of benzene rings is 2. The molecule has 0 aromatic heterocycles. The highest BCUT2D eigenvalue weighted by atomic mass is 16.5. The molecule has 2 aromatic rings. The molecule has 0 aliphatic rings. The van der Waals surface area contributed by atoms with Crippen LogP contribution in [0.25, 0.3) is 0 Å². The minimum atomic E-state index is 0.687. The zero-order valence-electron chi connectivity index (χ0n) is 11.8. The first-order valence-corrected chi connectivity index (χ1v) is 6.90. The van der Waals surface area contributed by atoms with Crippen LogP contribution in [0.2, 0.25) is 0 Å². The Bertz CT molecular complexity index is 482. The Morgan fingerprint density at radius 3 is 2.30 bits per heavy atom. The molecule has 0 radical (unpaired) electrons. The predicted molar refractivity (Wildman–Crippen MR) is 81.5 cm³/mol. The zero-order chi connectivity index (χ0) is 14.0. The van der Waals surface area contributed by atoms with E-state index in [4.69, 9.17) is 9.47 Å². The summed E-state index contributed by atoms with van der Waals surface area (Å²) in [5, 5.41) is 3.38. The smallest absolute Gasteiger partial charge is 0.119 e. The SMILES string of the molecule is COc1ccc(CCNCCOc2ccccc2)cc1. The molecule has 20 heavy (non-hydrogen) atoms. The Morgan fingerprint density at radius 1 is 0.850 bits per heavy atom. The van der Waals surface area contributed by atoms with Crippen LogP contribution in [0, 0.1) is 0 Å². The van der Waals surface area contributed by atoms with Crippen LogP contribution in [0.1, 0.15) is 5.56 Å². The fourth-order valence-corrected chi connectivity index (χ4v) is 1.91. The standard InChI is InChI=1S/C17H21NO2/c1-19-16-9-7-15(8-10-16)11-12-18-13-14-20-17-5-3-2-4-6-17/h2-10,18H,11-14H2,1H3. The summed E-state index contributed by atoms with van der Waals surface area (Å²) in [6.07, 6.45) is 1.01. The van der Waals surface area contributed by atoms with E-state index in [9.17, 15) is 0 Å². The number of ether oxygens (including phenoxy) is 2. The van der Waals surface area contributed by atoms with E-state index in [1.54, 1.807) is 7.11 Å². The second-order valence-corrected chi connectivity index (χ2v) is 4.51. The highest BCUT2D eigenvalue weighted by molar-refractivity contribution is 5.27. The van der Waals surface area contributed by atoms with Crippen LogP contribution in [-0.2, 0) is 6.42 Å². The van der Waals surface area contributed by atoms with Crippen molar-refractivity contribution in [1.82, 2.24) is 5.32 Å². The molecule has 0 amide bonds. The van der Waals surface area contributed by atoms with Crippen LogP contribution < -0.4 is 14.8 Å². The molecule has 0 fully saturated rings. The molecule has 1 N–H and O–H groups in total. The Labute approximate surface area is 120 Å². The van der Waals surface area contributed by atoms with Gasteiger partial charge in [0.25, 0.3) is 0 Å². The molecule has 3 heteroatoms. The maximum absolute atomic E-state index is 5.61. The number of rotatable bonds is 8. The summed E-state index contributed by atoms with van der Waals surface area (Å²) in [7, 11) is 1.68. The van der Waals surface area contributed by atoms with Crippen molar-refractivity contribution >= 4 is 0 Å². The molecule has 0 heterocycles. The van der Waals surface area contributed by atoms with Crippen molar-refractivity contribution in [2.24, 2.45) is 0 Å². The molecular formula is C17H21NO2. The maximum Gasteiger partial charge on any atom is 0.119 e. The molecule has 0 atom stereocenters. The number of methoxy groups -OCH3 is 1. The average Bonchev–Trinajstić information content (AvgIpc) is 2.52. The Kier molecular flexibility index (Phi) is 5.93. The van der Waals surface area contributed by atoms with Crippen LogP contribution >= 0.6 is 0 Å². The number of hydrogen-bond acceptors (Lipinski definition) is 3. The van der Waals surface area contributed by atoms with Gasteiger partial charge in [-0.15, -0.1) is 0 Å². The van der Waals surface area contributed by atoms with Crippen molar-refractivity contribution in [3.05, 3.63) is 60.2 Å². The summed E-state index contributed by atoms with van der Waals surface area (Å²) in [4.78, 5) is 0. The van der Waals surface area contributed by atoms with Crippen LogP contribution in [0.4, 0.5) is 0 Å². The second-order valence-electron chi connectivity index (χ2n) is 4.51. The third kappa shape index (κ3) is 4.94. The van der Waals surface area contributed by atoms with Crippen LogP contribution in [0.5, 0.6) is 11.5 Å². The van der Waals surface area contributed by atoms with Crippen molar-refractivity contribution in [2.45, 2.75) is 6.42 Å². The third-order valence-electron chi connectivity index (χ3n) is 3.04. The minimum Gasteiger partial charge on any atom is -0.497 e. The lowest BCUT2D eigenvalue weighted by Crippen LogP contribution is -2.23.